The molecule has 0 amide bonds. The number of nitrogens with zero attached hydrogens (tertiary/aromatic N) is 1. The molecule has 1 rings (SSSR count). The predicted molar refractivity (Wildman–Crippen MR) is 79.7 cm³/mol. The third kappa shape index (κ3) is 5.40. The van der Waals surface area contributed by atoms with Crippen LogP contribution in [0.25, 0.3) is 0 Å². The second-order valence-electron chi connectivity index (χ2n) is 5.25. The van der Waals surface area contributed by atoms with Gasteiger partial charge in [-0.1, -0.05) is 25.4 Å². The van der Waals surface area contributed by atoms with Crippen molar-refractivity contribution >= 4 is 17.3 Å². The summed E-state index contributed by atoms with van der Waals surface area (Å²) in [7, 11) is 0. The Labute approximate surface area is 120 Å². The second-order valence-corrected chi connectivity index (χ2v) is 5.69. The number of benzene rings is 1. The molecule has 0 bridgehead atoms. The number of hydrogen-bond acceptors (Lipinski definition) is 3. The van der Waals surface area contributed by atoms with Gasteiger partial charge in [-0.3, -0.25) is 0 Å². The molecule has 0 fully saturated rings. The average Bonchev–Trinajstić information content (AvgIpc) is 2.37. The van der Waals surface area contributed by atoms with Gasteiger partial charge in [0.2, 0.25) is 0 Å². The number of ether oxygens (including phenoxy) is 1. The van der Waals surface area contributed by atoms with Crippen LogP contribution in [0.1, 0.15) is 33.6 Å². The minimum Gasteiger partial charge on any atom is -0.492 e. The molecule has 0 aliphatic carbocycles. The molecule has 0 spiro atoms. The van der Waals surface area contributed by atoms with E-state index in [-0.39, 0.29) is 5.41 Å². The van der Waals surface area contributed by atoms with Crippen molar-refractivity contribution in [3.8, 4) is 11.8 Å². The number of anilines is 1. The first-order valence-electron chi connectivity index (χ1n) is 6.51. The Hall–Kier alpha value is -1.40. The van der Waals surface area contributed by atoms with Crippen molar-refractivity contribution < 1.29 is 4.74 Å². The van der Waals surface area contributed by atoms with Gasteiger partial charge >= 0.3 is 0 Å². The number of halogens is 1. The molecule has 0 radical (unpaired) electrons. The Balaban J connectivity index is 2.71. The molecule has 3 nitrogen and oxygen atoms in total. The van der Waals surface area contributed by atoms with E-state index in [2.05, 4.69) is 25.2 Å². The summed E-state index contributed by atoms with van der Waals surface area (Å²) in [6.45, 7) is 7.63. The van der Waals surface area contributed by atoms with Crippen LogP contribution in [-0.4, -0.2) is 13.2 Å². The molecule has 1 aromatic rings. The van der Waals surface area contributed by atoms with Crippen molar-refractivity contribution in [3.63, 3.8) is 0 Å². The molecule has 0 aromatic heterocycles. The molecular formula is C15H21ClN2O. The lowest BCUT2D eigenvalue weighted by Gasteiger charge is -2.25. The van der Waals surface area contributed by atoms with E-state index in [1.165, 1.54) is 0 Å². The van der Waals surface area contributed by atoms with Gasteiger partial charge in [0.15, 0.2) is 0 Å². The first-order chi connectivity index (χ1) is 8.98. The first-order valence-corrected chi connectivity index (χ1v) is 6.89. The fourth-order valence-corrected chi connectivity index (χ4v) is 1.91. The maximum atomic E-state index is 8.66. The minimum atomic E-state index is 0.0571. The SMILES string of the molecule is CCOc1ccc(Cl)cc1NCC(C)(C)CCC#N. The predicted octanol–water partition coefficient (Wildman–Crippen LogP) is 4.48. The molecule has 0 aliphatic rings. The number of nitriles is 1. The molecule has 4 heteroatoms. The van der Waals surface area contributed by atoms with Crippen molar-refractivity contribution in [1.29, 1.82) is 5.26 Å². The van der Waals surface area contributed by atoms with Gasteiger partial charge in [0.05, 0.1) is 18.4 Å². The van der Waals surface area contributed by atoms with E-state index < -0.39 is 0 Å². The van der Waals surface area contributed by atoms with Gasteiger partial charge in [-0.05, 0) is 37.0 Å². The van der Waals surface area contributed by atoms with E-state index in [1.54, 1.807) is 0 Å². The van der Waals surface area contributed by atoms with E-state index in [9.17, 15) is 0 Å². The molecule has 1 aromatic carbocycles. The lowest BCUT2D eigenvalue weighted by Crippen LogP contribution is -2.23. The minimum absolute atomic E-state index is 0.0571. The molecule has 0 saturated heterocycles. The summed E-state index contributed by atoms with van der Waals surface area (Å²) in [4.78, 5) is 0. The zero-order valence-corrected chi connectivity index (χ0v) is 12.5. The van der Waals surface area contributed by atoms with Gasteiger partial charge in [-0.2, -0.15) is 5.26 Å². The van der Waals surface area contributed by atoms with Gasteiger partial charge in [-0.15, -0.1) is 0 Å². The van der Waals surface area contributed by atoms with Crippen LogP contribution in [-0.2, 0) is 0 Å². The molecule has 1 N–H and O–H groups in total. The van der Waals surface area contributed by atoms with E-state index in [4.69, 9.17) is 21.6 Å². The van der Waals surface area contributed by atoms with Crippen molar-refractivity contribution in [2.45, 2.75) is 33.6 Å². The highest BCUT2D eigenvalue weighted by molar-refractivity contribution is 6.30. The monoisotopic (exact) mass is 280 g/mol. The summed E-state index contributed by atoms with van der Waals surface area (Å²) in [5, 5.41) is 12.7. The summed E-state index contributed by atoms with van der Waals surface area (Å²) < 4.78 is 5.56. The third-order valence-electron chi connectivity index (χ3n) is 2.91. The summed E-state index contributed by atoms with van der Waals surface area (Å²) in [5.74, 6) is 0.808. The topological polar surface area (TPSA) is 45.0 Å². The standard InChI is InChI=1S/C15H21ClN2O/c1-4-19-14-7-6-12(16)10-13(14)18-11-15(2,3)8-5-9-17/h6-7,10,18H,4-5,8,11H2,1-3H3. The zero-order valence-electron chi connectivity index (χ0n) is 11.8. The largest absolute Gasteiger partial charge is 0.492 e. The summed E-state index contributed by atoms with van der Waals surface area (Å²) in [5.41, 5.74) is 0.959. The zero-order chi connectivity index (χ0) is 14.3. The lowest BCUT2D eigenvalue weighted by molar-refractivity contribution is 0.339. The van der Waals surface area contributed by atoms with E-state index in [1.807, 2.05) is 25.1 Å². The fourth-order valence-electron chi connectivity index (χ4n) is 1.74. The van der Waals surface area contributed by atoms with Gasteiger partial charge in [0.25, 0.3) is 0 Å². The highest BCUT2D eigenvalue weighted by atomic mass is 35.5. The molecule has 0 aliphatic heterocycles. The van der Waals surface area contributed by atoms with Crippen LogP contribution in [0.2, 0.25) is 5.02 Å². The van der Waals surface area contributed by atoms with Crippen molar-refractivity contribution in [3.05, 3.63) is 23.2 Å². The van der Waals surface area contributed by atoms with Crippen molar-refractivity contribution in [2.24, 2.45) is 5.41 Å². The maximum absolute atomic E-state index is 8.66. The molecule has 0 atom stereocenters. The normalized spacial score (nSPS) is 10.9. The maximum Gasteiger partial charge on any atom is 0.142 e. The van der Waals surface area contributed by atoms with Gasteiger partial charge in [-0.25, -0.2) is 0 Å². The highest BCUT2D eigenvalue weighted by Gasteiger charge is 2.18. The molecule has 0 unspecified atom stereocenters. The Morgan fingerprint density at radius 3 is 2.79 bits per heavy atom. The summed E-state index contributed by atoms with van der Waals surface area (Å²) >= 11 is 6.01. The van der Waals surface area contributed by atoms with Crippen LogP contribution >= 0.6 is 11.6 Å². The number of rotatable bonds is 7. The van der Waals surface area contributed by atoms with Crippen LogP contribution in [0, 0.1) is 16.7 Å². The Bertz CT molecular complexity index is 452. The smallest absolute Gasteiger partial charge is 0.142 e. The molecule has 0 heterocycles. The van der Waals surface area contributed by atoms with E-state index in [0.29, 0.717) is 18.1 Å². The van der Waals surface area contributed by atoms with Crippen LogP contribution in [0.15, 0.2) is 18.2 Å². The van der Waals surface area contributed by atoms with Crippen LogP contribution in [0.5, 0.6) is 5.75 Å². The second kappa shape index (κ2) is 7.25. The van der Waals surface area contributed by atoms with Gasteiger partial charge in [0, 0.05) is 18.0 Å². The van der Waals surface area contributed by atoms with E-state index >= 15 is 0 Å². The van der Waals surface area contributed by atoms with Crippen LogP contribution < -0.4 is 10.1 Å². The highest BCUT2D eigenvalue weighted by Crippen LogP contribution is 2.30. The van der Waals surface area contributed by atoms with E-state index in [0.717, 1.165) is 24.4 Å². The van der Waals surface area contributed by atoms with Crippen molar-refractivity contribution in [2.75, 3.05) is 18.5 Å². The molecule has 104 valence electrons. The Morgan fingerprint density at radius 2 is 2.16 bits per heavy atom. The Kier molecular flexibility index (Phi) is 5.98. The summed E-state index contributed by atoms with van der Waals surface area (Å²) in [6.07, 6.45) is 1.43. The number of hydrogen-bond donors (Lipinski definition) is 1. The average molecular weight is 281 g/mol. The number of nitrogens with one attached hydrogen (secondary N) is 1. The van der Waals surface area contributed by atoms with Gasteiger partial charge in [0.1, 0.15) is 5.75 Å². The van der Waals surface area contributed by atoms with Crippen LogP contribution in [0.3, 0.4) is 0 Å². The molecule has 19 heavy (non-hydrogen) atoms. The first kappa shape index (κ1) is 15.7. The quantitative estimate of drug-likeness (QED) is 0.801. The summed E-state index contributed by atoms with van der Waals surface area (Å²) in [6, 6.07) is 7.75. The molecular weight excluding hydrogens is 260 g/mol. The van der Waals surface area contributed by atoms with Gasteiger partial charge < -0.3 is 10.1 Å². The third-order valence-corrected chi connectivity index (χ3v) is 3.15. The fraction of sp³-hybridized carbons (Fsp3) is 0.533. The lowest BCUT2D eigenvalue weighted by atomic mass is 9.88. The van der Waals surface area contributed by atoms with Crippen molar-refractivity contribution in [1.82, 2.24) is 0 Å². The molecule has 0 saturated carbocycles. The Morgan fingerprint density at radius 1 is 1.42 bits per heavy atom. The van der Waals surface area contributed by atoms with Crippen LogP contribution in [0.4, 0.5) is 5.69 Å².